The lowest BCUT2D eigenvalue weighted by Crippen LogP contribution is -2.21. The third kappa shape index (κ3) is 6.70. The Labute approximate surface area is 112 Å². The molecule has 0 spiro atoms. The maximum Gasteiger partial charge on any atom is 0.125 e. The van der Waals surface area contributed by atoms with Crippen LogP contribution in [-0.2, 0) is 6.42 Å². The first kappa shape index (κ1) is 15.1. The predicted molar refractivity (Wildman–Crippen MR) is 76.7 cm³/mol. The second-order valence-corrected chi connectivity index (χ2v) is 5.58. The molecule has 102 valence electrons. The van der Waals surface area contributed by atoms with Gasteiger partial charge in [0.15, 0.2) is 0 Å². The van der Waals surface area contributed by atoms with Gasteiger partial charge >= 0.3 is 0 Å². The third-order valence-electron chi connectivity index (χ3n) is 3.16. The molecule has 0 aliphatic heterocycles. The van der Waals surface area contributed by atoms with Crippen LogP contribution in [0.4, 0.5) is 0 Å². The van der Waals surface area contributed by atoms with E-state index < -0.39 is 0 Å². The molecule has 0 atom stereocenters. The van der Waals surface area contributed by atoms with Crippen LogP contribution in [0.15, 0.2) is 12.4 Å². The predicted octanol–water partition coefficient (Wildman–Crippen LogP) is 3.09. The first-order chi connectivity index (χ1) is 8.58. The monoisotopic (exact) mass is 249 g/mol. The molecule has 0 aliphatic carbocycles. The molecule has 0 aliphatic rings. The molecular weight excluding hydrogens is 222 g/mol. The van der Waals surface area contributed by atoms with E-state index in [1.807, 2.05) is 19.3 Å². The van der Waals surface area contributed by atoms with Gasteiger partial charge in [0.05, 0.1) is 0 Å². The molecule has 0 saturated heterocycles. The van der Waals surface area contributed by atoms with Crippen molar-refractivity contribution in [3.8, 4) is 0 Å². The summed E-state index contributed by atoms with van der Waals surface area (Å²) in [4.78, 5) is 10.9. The maximum absolute atomic E-state index is 4.22. The zero-order valence-electron chi connectivity index (χ0n) is 12.3. The SMILES string of the molecule is Cc1ncc(CCCN(C)CCCC(C)C)cn1. The quantitative estimate of drug-likeness (QED) is 0.709. The van der Waals surface area contributed by atoms with Gasteiger partial charge in [0.1, 0.15) is 5.82 Å². The molecule has 0 aromatic carbocycles. The van der Waals surface area contributed by atoms with Crippen LogP contribution in [0, 0.1) is 12.8 Å². The summed E-state index contributed by atoms with van der Waals surface area (Å²) in [6.45, 7) is 8.87. The lowest BCUT2D eigenvalue weighted by Gasteiger charge is -2.16. The van der Waals surface area contributed by atoms with E-state index in [9.17, 15) is 0 Å². The number of rotatable bonds is 8. The van der Waals surface area contributed by atoms with Gasteiger partial charge < -0.3 is 4.90 Å². The van der Waals surface area contributed by atoms with E-state index in [1.165, 1.54) is 31.4 Å². The van der Waals surface area contributed by atoms with Crippen molar-refractivity contribution in [1.29, 1.82) is 0 Å². The minimum absolute atomic E-state index is 0.822. The number of nitrogens with zero attached hydrogens (tertiary/aromatic N) is 3. The van der Waals surface area contributed by atoms with Crippen LogP contribution in [0.25, 0.3) is 0 Å². The number of aromatic nitrogens is 2. The summed E-state index contributed by atoms with van der Waals surface area (Å²) in [5, 5.41) is 0. The summed E-state index contributed by atoms with van der Waals surface area (Å²) in [7, 11) is 2.21. The molecule has 0 N–H and O–H groups in total. The Bertz CT molecular complexity index is 319. The van der Waals surface area contributed by atoms with Gasteiger partial charge in [-0.2, -0.15) is 0 Å². The van der Waals surface area contributed by atoms with Crippen LogP contribution < -0.4 is 0 Å². The highest BCUT2D eigenvalue weighted by Gasteiger charge is 2.01. The van der Waals surface area contributed by atoms with Crippen molar-refractivity contribution in [3.63, 3.8) is 0 Å². The largest absolute Gasteiger partial charge is 0.306 e. The fourth-order valence-corrected chi connectivity index (χ4v) is 1.98. The van der Waals surface area contributed by atoms with E-state index in [2.05, 4.69) is 35.8 Å². The summed E-state index contributed by atoms with van der Waals surface area (Å²) in [5.41, 5.74) is 1.25. The van der Waals surface area contributed by atoms with Gasteiger partial charge in [-0.3, -0.25) is 0 Å². The molecule has 0 saturated carbocycles. The fraction of sp³-hybridized carbons (Fsp3) is 0.733. The van der Waals surface area contributed by atoms with E-state index in [4.69, 9.17) is 0 Å². The van der Waals surface area contributed by atoms with Gasteiger partial charge in [-0.05, 0) is 64.2 Å². The smallest absolute Gasteiger partial charge is 0.125 e. The molecule has 1 rings (SSSR count). The topological polar surface area (TPSA) is 29.0 Å². The van der Waals surface area contributed by atoms with Gasteiger partial charge in [0.2, 0.25) is 0 Å². The lowest BCUT2D eigenvalue weighted by atomic mass is 10.1. The standard InChI is InChI=1S/C15H27N3/c1-13(2)7-5-9-18(4)10-6-8-15-11-16-14(3)17-12-15/h11-13H,5-10H2,1-4H3. The van der Waals surface area contributed by atoms with Gasteiger partial charge in [0.25, 0.3) is 0 Å². The van der Waals surface area contributed by atoms with Crippen LogP contribution in [0.3, 0.4) is 0 Å². The summed E-state index contributed by atoms with van der Waals surface area (Å²) >= 11 is 0. The molecule has 0 bridgehead atoms. The van der Waals surface area contributed by atoms with Gasteiger partial charge in [-0.25, -0.2) is 9.97 Å². The summed E-state index contributed by atoms with van der Waals surface area (Å²) in [6.07, 6.45) is 8.79. The van der Waals surface area contributed by atoms with E-state index in [0.29, 0.717) is 0 Å². The van der Waals surface area contributed by atoms with Crippen LogP contribution in [0.5, 0.6) is 0 Å². The van der Waals surface area contributed by atoms with Crippen molar-refractivity contribution in [3.05, 3.63) is 23.8 Å². The van der Waals surface area contributed by atoms with Gasteiger partial charge in [-0.15, -0.1) is 0 Å². The Balaban J connectivity index is 2.11. The molecule has 0 radical (unpaired) electrons. The number of aryl methyl sites for hydroxylation is 2. The van der Waals surface area contributed by atoms with Crippen molar-refractivity contribution in [1.82, 2.24) is 14.9 Å². The van der Waals surface area contributed by atoms with Crippen molar-refractivity contribution in [2.45, 2.75) is 46.5 Å². The average molecular weight is 249 g/mol. The Morgan fingerprint density at radius 1 is 1.11 bits per heavy atom. The highest BCUT2D eigenvalue weighted by molar-refractivity contribution is 5.04. The lowest BCUT2D eigenvalue weighted by molar-refractivity contribution is 0.313. The fourth-order valence-electron chi connectivity index (χ4n) is 1.98. The van der Waals surface area contributed by atoms with Gasteiger partial charge in [-0.1, -0.05) is 13.8 Å². The highest BCUT2D eigenvalue weighted by atomic mass is 15.1. The molecule has 3 heteroatoms. The average Bonchev–Trinajstić information content (AvgIpc) is 2.31. The molecule has 0 amide bonds. The first-order valence-electron chi connectivity index (χ1n) is 7.04. The van der Waals surface area contributed by atoms with Crippen LogP contribution in [-0.4, -0.2) is 35.0 Å². The Hall–Kier alpha value is -0.960. The zero-order valence-corrected chi connectivity index (χ0v) is 12.3. The maximum atomic E-state index is 4.22. The molecular formula is C15H27N3. The van der Waals surface area contributed by atoms with Crippen molar-refractivity contribution < 1.29 is 0 Å². The van der Waals surface area contributed by atoms with Crippen LogP contribution in [0.2, 0.25) is 0 Å². The van der Waals surface area contributed by atoms with E-state index in [1.54, 1.807) is 0 Å². The first-order valence-corrected chi connectivity index (χ1v) is 7.04. The van der Waals surface area contributed by atoms with Gasteiger partial charge in [0, 0.05) is 12.4 Å². The van der Waals surface area contributed by atoms with E-state index in [0.717, 1.165) is 24.7 Å². The summed E-state index contributed by atoms with van der Waals surface area (Å²) < 4.78 is 0. The molecule has 1 aromatic rings. The molecule has 18 heavy (non-hydrogen) atoms. The number of hydrogen-bond donors (Lipinski definition) is 0. The Kier molecular flexibility index (Phi) is 6.88. The van der Waals surface area contributed by atoms with E-state index in [-0.39, 0.29) is 0 Å². The Morgan fingerprint density at radius 2 is 1.72 bits per heavy atom. The van der Waals surface area contributed by atoms with E-state index >= 15 is 0 Å². The van der Waals surface area contributed by atoms with Crippen molar-refractivity contribution in [2.75, 3.05) is 20.1 Å². The van der Waals surface area contributed by atoms with Crippen molar-refractivity contribution in [2.24, 2.45) is 5.92 Å². The molecule has 0 fully saturated rings. The normalized spacial score (nSPS) is 11.4. The molecule has 1 heterocycles. The van der Waals surface area contributed by atoms with Crippen molar-refractivity contribution >= 4 is 0 Å². The summed E-state index contributed by atoms with van der Waals surface area (Å²) in [5.74, 6) is 1.67. The minimum atomic E-state index is 0.822. The third-order valence-corrected chi connectivity index (χ3v) is 3.16. The summed E-state index contributed by atoms with van der Waals surface area (Å²) in [6, 6.07) is 0. The second-order valence-electron chi connectivity index (χ2n) is 5.58. The zero-order chi connectivity index (χ0) is 13.4. The van der Waals surface area contributed by atoms with Crippen LogP contribution >= 0.6 is 0 Å². The molecule has 3 nitrogen and oxygen atoms in total. The molecule has 1 aromatic heterocycles. The number of hydrogen-bond acceptors (Lipinski definition) is 3. The molecule has 0 unspecified atom stereocenters. The minimum Gasteiger partial charge on any atom is -0.306 e. The second kappa shape index (κ2) is 8.20. The van der Waals surface area contributed by atoms with Crippen LogP contribution in [0.1, 0.15) is 44.5 Å². The highest BCUT2D eigenvalue weighted by Crippen LogP contribution is 2.05. The Morgan fingerprint density at radius 3 is 2.33 bits per heavy atom.